The number of carbonyl (C=O) groups is 1. The third kappa shape index (κ3) is 5.31. The van der Waals surface area contributed by atoms with Crippen LogP contribution >= 0.6 is 0 Å². The molecule has 0 spiro atoms. The monoisotopic (exact) mass is 550 g/mol. The summed E-state index contributed by atoms with van der Waals surface area (Å²) in [6, 6.07) is 5.44. The number of hydrogen-bond acceptors (Lipinski definition) is 8. The number of rotatable bonds is 9. The molecule has 0 saturated carbocycles. The average molecular weight is 551 g/mol. The summed E-state index contributed by atoms with van der Waals surface area (Å²) in [6.45, 7) is 1.11. The number of fused-ring (bicyclic) bond motifs is 1. The Morgan fingerprint density at radius 1 is 0.892 bits per heavy atom. The lowest BCUT2D eigenvalue weighted by Crippen LogP contribution is -2.36. The minimum atomic E-state index is -3.90. The van der Waals surface area contributed by atoms with Gasteiger partial charge in [0.25, 0.3) is 5.91 Å². The van der Waals surface area contributed by atoms with Crippen LogP contribution < -0.4 is 5.32 Å². The van der Waals surface area contributed by atoms with Crippen LogP contribution in [-0.4, -0.2) is 88.9 Å². The van der Waals surface area contributed by atoms with E-state index in [0.29, 0.717) is 12.1 Å². The Kier molecular flexibility index (Phi) is 7.52. The van der Waals surface area contributed by atoms with Crippen LogP contribution in [0.3, 0.4) is 0 Å². The van der Waals surface area contributed by atoms with Gasteiger partial charge in [-0.1, -0.05) is 6.07 Å². The first-order valence-electron chi connectivity index (χ1n) is 11.4. The lowest BCUT2D eigenvalue weighted by molar-refractivity contribution is 0.0719. The summed E-state index contributed by atoms with van der Waals surface area (Å²) < 4.78 is 55.3. The number of hydrogen-bond donors (Lipinski definition) is 1. The van der Waals surface area contributed by atoms with Crippen molar-refractivity contribution in [2.75, 3.05) is 34.7 Å². The number of nitrogens with zero attached hydrogens (tertiary/aromatic N) is 7. The summed E-state index contributed by atoms with van der Waals surface area (Å²) in [5, 5.41) is 3.29. The van der Waals surface area contributed by atoms with E-state index in [1.54, 1.807) is 6.07 Å². The molecule has 3 aromatic rings. The molecule has 0 aliphatic carbocycles. The average Bonchev–Trinajstić information content (AvgIpc) is 3.53. The van der Waals surface area contributed by atoms with Crippen molar-refractivity contribution in [1.29, 1.82) is 0 Å². The predicted molar refractivity (Wildman–Crippen MR) is 136 cm³/mol. The van der Waals surface area contributed by atoms with Gasteiger partial charge in [-0.15, -0.1) is 0 Å². The molecule has 15 heteroatoms. The summed E-state index contributed by atoms with van der Waals surface area (Å²) in [6.07, 6.45) is 6.05. The maximum absolute atomic E-state index is 13.8. The van der Waals surface area contributed by atoms with Crippen LogP contribution in [0.2, 0.25) is 0 Å². The van der Waals surface area contributed by atoms with E-state index in [2.05, 4.69) is 15.3 Å². The highest BCUT2D eigenvalue weighted by Gasteiger charge is 2.27. The van der Waals surface area contributed by atoms with Crippen molar-refractivity contribution in [3.8, 4) is 0 Å². The molecule has 4 rings (SSSR count). The van der Waals surface area contributed by atoms with Crippen molar-refractivity contribution in [3.63, 3.8) is 0 Å². The van der Waals surface area contributed by atoms with Crippen molar-refractivity contribution >= 4 is 26.3 Å². The molecule has 1 aliphatic heterocycles. The fourth-order valence-corrected chi connectivity index (χ4v) is 5.84. The zero-order chi connectivity index (χ0) is 27.0. The highest BCUT2D eigenvalue weighted by atomic mass is 32.2. The first-order valence-corrected chi connectivity index (χ1v) is 14.2. The topological polar surface area (TPSA) is 143 Å². The molecule has 0 unspecified atom stereocenters. The highest BCUT2D eigenvalue weighted by molar-refractivity contribution is 7.87. The molecule has 3 heterocycles. The largest absolute Gasteiger partial charge is 0.324 e. The first kappa shape index (κ1) is 26.9. The van der Waals surface area contributed by atoms with Crippen LogP contribution in [0.15, 0.2) is 43.0 Å². The summed E-state index contributed by atoms with van der Waals surface area (Å²) in [5.74, 6) is -0.217. The third-order valence-corrected chi connectivity index (χ3v) is 9.58. The van der Waals surface area contributed by atoms with E-state index in [9.17, 15) is 21.6 Å². The molecular weight excluding hydrogens is 520 g/mol. The molecule has 0 fully saturated rings. The SMILES string of the molecule is CN(C)S(=O)(=O)n1ccnc1CN(Cc1nccn1S(=O)(=O)N(C)C)C(=O)c1ccc2c(c1)CCNC2. The second-order valence-corrected chi connectivity index (χ2v) is 13.0. The molecule has 1 N–H and O–H groups in total. The van der Waals surface area contributed by atoms with Crippen molar-refractivity contribution in [3.05, 3.63) is 71.3 Å². The normalized spacial score (nSPS) is 14.2. The zero-order valence-corrected chi connectivity index (χ0v) is 22.7. The van der Waals surface area contributed by atoms with Crippen LogP contribution in [0.4, 0.5) is 0 Å². The number of aromatic nitrogens is 4. The summed E-state index contributed by atoms with van der Waals surface area (Å²) in [7, 11) is -2.21. The molecule has 0 radical (unpaired) electrons. The molecule has 13 nitrogen and oxygen atoms in total. The summed E-state index contributed by atoms with van der Waals surface area (Å²) in [4.78, 5) is 23.5. The van der Waals surface area contributed by atoms with Crippen LogP contribution in [0.25, 0.3) is 0 Å². The lowest BCUT2D eigenvalue weighted by Gasteiger charge is -2.25. The predicted octanol–water partition coefficient (Wildman–Crippen LogP) is -0.123. The van der Waals surface area contributed by atoms with E-state index < -0.39 is 26.3 Å². The van der Waals surface area contributed by atoms with Gasteiger partial charge in [0.1, 0.15) is 11.6 Å². The Bertz CT molecular complexity index is 1430. The molecule has 0 atom stereocenters. The van der Waals surface area contributed by atoms with E-state index in [0.717, 1.165) is 40.6 Å². The number of amides is 1. The smallest absolute Gasteiger partial charge is 0.308 e. The van der Waals surface area contributed by atoms with Gasteiger partial charge in [-0.2, -0.15) is 25.4 Å². The van der Waals surface area contributed by atoms with E-state index in [-0.39, 0.29) is 24.7 Å². The second-order valence-electron chi connectivity index (χ2n) is 8.93. The van der Waals surface area contributed by atoms with Gasteiger partial charge >= 0.3 is 20.4 Å². The van der Waals surface area contributed by atoms with Crippen LogP contribution in [0, 0.1) is 0 Å². The molecule has 1 amide bonds. The van der Waals surface area contributed by atoms with E-state index in [1.807, 2.05) is 12.1 Å². The van der Waals surface area contributed by atoms with Gasteiger partial charge in [-0.25, -0.2) is 17.9 Å². The van der Waals surface area contributed by atoms with Gasteiger partial charge in [0, 0.05) is 65.1 Å². The van der Waals surface area contributed by atoms with Gasteiger partial charge in [0.15, 0.2) is 0 Å². The number of imidazole rings is 2. The molecule has 0 saturated heterocycles. The molecule has 0 bridgehead atoms. The molecule has 1 aliphatic rings. The summed E-state index contributed by atoms with van der Waals surface area (Å²) in [5.41, 5.74) is 2.57. The maximum Gasteiger partial charge on any atom is 0.308 e. The molecule has 37 heavy (non-hydrogen) atoms. The first-order chi connectivity index (χ1) is 17.4. The van der Waals surface area contributed by atoms with E-state index in [4.69, 9.17) is 0 Å². The second kappa shape index (κ2) is 10.3. The van der Waals surface area contributed by atoms with Crippen molar-refractivity contribution < 1.29 is 21.6 Å². The minimum Gasteiger partial charge on any atom is -0.324 e. The highest BCUT2D eigenvalue weighted by Crippen LogP contribution is 2.20. The third-order valence-electron chi connectivity index (χ3n) is 6.07. The van der Waals surface area contributed by atoms with Gasteiger partial charge in [0.2, 0.25) is 0 Å². The molecule has 1 aromatic carbocycles. The number of carbonyl (C=O) groups excluding carboxylic acids is 1. The summed E-state index contributed by atoms with van der Waals surface area (Å²) >= 11 is 0. The van der Waals surface area contributed by atoms with E-state index >= 15 is 0 Å². The fraction of sp³-hybridized carbons (Fsp3) is 0.409. The Labute approximate surface area is 216 Å². The van der Waals surface area contributed by atoms with Gasteiger partial charge in [-0.3, -0.25) is 4.79 Å². The Balaban J connectivity index is 1.75. The Morgan fingerprint density at radius 3 is 1.95 bits per heavy atom. The molecular formula is C22H30N8O5S2. The van der Waals surface area contributed by atoms with E-state index in [1.165, 1.54) is 57.9 Å². The minimum absolute atomic E-state index is 0.0952. The van der Waals surface area contributed by atoms with Crippen molar-refractivity contribution in [2.24, 2.45) is 0 Å². The van der Waals surface area contributed by atoms with Crippen LogP contribution in [0.5, 0.6) is 0 Å². The quantitative estimate of drug-likeness (QED) is 0.388. The Hall–Kier alpha value is -3.11. The standard InChI is InChI=1S/C22H30N8O5S2/c1-26(2)36(32,33)29-11-9-24-20(29)15-28(16-21-25-10-12-30(21)37(34,35)27(3)4)22(31)18-5-6-19-14-23-8-7-17(19)13-18/h5-6,9-13,23H,7-8,14-16H2,1-4H3. The maximum atomic E-state index is 13.8. The fourth-order valence-electron chi connectivity index (χ4n) is 3.97. The molecule has 2 aromatic heterocycles. The van der Waals surface area contributed by atoms with Crippen molar-refractivity contribution in [1.82, 2.24) is 36.7 Å². The lowest BCUT2D eigenvalue weighted by atomic mass is 9.98. The van der Waals surface area contributed by atoms with Gasteiger partial charge in [0.05, 0.1) is 13.1 Å². The van der Waals surface area contributed by atoms with Crippen molar-refractivity contribution in [2.45, 2.75) is 26.1 Å². The van der Waals surface area contributed by atoms with Crippen LogP contribution in [0.1, 0.15) is 33.1 Å². The van der Waals surface area contributed by atoms with Crippen LogP contribution in [-0.2, 0) is 46.5 Å². The molecule has 200 valence electrons. The number of benzene rings is 1. The van der Waals surface area contributed by atoms with Gasteiger partial charge < -0.3 is 10.2 Å². The Morgan fingerprint density at radius 2 is 1.43 bits per heavy atom. The number of nitrogens with one attached hydrogen (secondary N) is 1. The van der Waals surface area contributed by atoms with Gasteiger partial charge in [-0.05, 0) is 36.2 Å². The zero-order valence-electron chi connectivity index (χ0n) is 21.1.